The summed E-state index contributed by atoms with van der Waals surface area (Å²) in [5.41, 5.74) is -2.61. The van der Waals surface area contributed by atoms with E-state index < -0.39 is 49.8 Å². The van der Waals surface area contributed by atoms with Crippen molar-refractivity contribution < 1.29 is 35.1 Å². The van der Waals surface area contributed by atoms with Crippen LogP contribution in [0.5, 0.6) is 23.0 Å². The van der Waals surface area contributed by atoms with Crippen molar-refractivity contribution in [3.05, 3.63) is 104 Å². The highest BCUT2D eigenvalue weighted by Crippen LogP contribution is 2.40. The monoisotopic (exact) mass is 544 g/mol. The second kappa shape index (κ2) is 11.0. The van der Waals surface area contributed by atoms with Gasteiger partial charge in [0.15, 0.2) is 11.4 Å². The molecule has 4 N–H and O–H groups in total. The molecule has 0 aliphatic heterocycles. The van der Waals surface area contributed by atoms with Crippen LogP contribution in [0.15, 0.2) is 93.3 Å². The number of carbonyl (C=O) groups is 1. The Kier molecular flexibility index (Phi) is 7.38. The number of hydrogen-bond donors (Lipinski definition) is 4. The Morgan fingerprint density at radius 1 is 0.550 bits per heavy atom. The molecule has 4 rings (SSSR count). The van der Waals surface area contributed by atoms with Crippen LogP contribution in [0, 0.1) is 20.2 Å². The zero-order valence-electron chi connectivity index (χ0n) is 19.9. The van der Waals surface area contributed by atoms with Gasteiger partial charge in [-0.05, 0) is 24.3 Å². The highest BCUT2D eigenvalue weighted by molar-refractivity contribution is 6.13. The van der Waals surface area contributed by atoms with Gasteiger partial charge in [-0.15, -0.1) is 20.5 Å². The number of ketones is 1. The third-order valence-electron chi connectivity index (χ3n) is 5.36. The minimum absolute atomic E-state index is 0.141. The van der Waals surface area contributed by atoms with E-state index in [0.29, 0.717) is 0 Å². The number of aromatic hydroxyl groups is 4. The highest BCUT2D eigenvalue weighted by atomic mass is 16.6. The normalized spacial score (nSPS) is 11.2. The zero-order chi connectivity index (χ0) is 29.0. The number of nitro benzene ring substituents is 2. The first-order valence-electron chi connectivity index (χ1n) is 11.0. The quantitative estimate of drug-likeness (QED) is 0.0831. The van der Waals surface area contributed by atoms with Crippen molar-refractivity contribution in [3.8, 4) is 23.0 Å². The van der Waals surface area contributed by atoms with Gasteiger partial charge in [-0.1, -0.05) is 24.3 Å². The van der Waals surface area contributed by atoms with Crippen LogP contribution in [-0.4, -0.2) is 36.1 Å². The van der Waals surface area contributed by atoms with Crippen LogP contribution in [0.4, 0.5) is 34.1 Å². The van der Waals surface area contributed by atoms with Gasteiger partial charge in [-0.3, -0.25) is 25.0 Å². The predicted octanol–water partition coefficient (Wildman–Crippen LogP) is 6.39. The van der Waals surface area contributed by atoms with Crippen LogP contribution in [0.3, 0.4) is 0 Å². The predicted molar refractivity (Wildman–Crippen MR) is 138 cm³/mol. The van der Waals surface area contributed by atoms with E-state index in [2.05, 4.69) is 20.5 Å². The number of phenols is 4. The van der Waals surface area contributed by atoms with Gasteiger partial charge < -0.3 is 20.4 Å². The van der Waals surface area contributed by atoms with Gasteiger partial charge in [0.2, 0.25) is 5.78 Å². The summed E-state index contributed by atoms with van der Waals surface area (Å²) >= 11 is 0. The number of hydrogen-bond acceptors (Lipinski definition) is 13. The molecule has 0 aliphatic rings. The van der Waals surface area contributed by atoms with E-state index in [-0.39, 0.29) is 34.1 Å². The van der Waals surface area contributed by atoms with E-state index in [1.54, 1.807) is 0 Å². The lowest BCUT2D eigenvalue weighted by molar-refractivity contribution is -0.384. The van der Waals surface area contributed by atoms with Crippen LogP contribution in [0.25, 0.3) is 0 Å². The Labute approximate surface area is 223 Å². The van der Waals surface area contributed by atoms with Crippen LogP contribution in [0.2, 0.25) is 0 Å². The second-order valence-electron chi connectivity index (χ2n) is 7.94. The molecule has 200 valence electrons. The van der Waals surface area contributed by atoms with Gasteiger partial charge in [-0.2, -0.15) is 0 Å². The lowest BCUT2D eigenvalue weighted by Crippen LogP contribution is -2.02. The topological polar surface area (TPSA) is 234 Å². The van der Waals surface area contributed by atoms with Crippen molar-refractivity contribution in [2.45, 2.75) is 0 Å². The van der Waals surface area contributed by atoms with Crippen molar-refractivity contribution in [3.63, 3.8) is 0 Å². The van der Waals surface area contributed by atoms with Crippen LogP contribution in [0.1, 0.15) is 15.9 Å². The van der Waals surface area contributed by atoms with Crippen molar-refractivity contribution in [1.82, 2.24) is 0 Å². The van der Waals surface area contributed by atoms with Crippen LogP contribution < -0.4 is 0 Å². The molecule has 15 nitrogen and oxygen atoms in total. The molecule has 15 heteroatoms. The maximum absolute atomic E-state index is 13.2. The maximum Gasteiger partial charge on any atom is 0.296 e. The fraction of sp³-hybridized carbons (Fsp3) is 0. The molecular formula is C25H16N6O9. The Bertz CT molecular complexity index is 1610. The fourth-order valence-electron chi connectivity index (χ4n) is 3.42. The first-order chi connectivity index (χ1) is 19.1. The van der Waals surface area contributed by atoms with Crippen molar-refractivity contribution in [2.24, 2.45) is 20.5 Å². The summed E-state index contributed by atoms with van der Waals surface area (Å²) in [4.78, 5) is 34.3. The minimum Gasteiger partial charge on any atom is -0.507 e. The molecule has 0 atom stereocenters. The van der Waals surface area contributed by atoms with Gasteiger partial charge in [0.05, 0.1) is 21.0 Å². The van der Waals surface area contributed by atoms with Gasteiger partial charge >= 0.3 is 0 Å². The molecule has 0 heterocycles. The van der Waals surface area contributed by atoms with Crippen LogP contribution in [-0.2, 0) is 0 Å². The molecule has 40 heavy (non-hydrogen) atoms. The van der Waals surface area contributed by atoms with Gasteiger partial charge in [0, 0.05) is 24.3 Å². The number of nitrogens with zero attached hydrogens (tertiary/aromatic N) is 6. The number of phenolic OH excluding ortho intramolecular Hbond substituents is 4. The summed E-state index contributed by atoms with van der Waals surface area (Å²) < 4.78 is 0. The van der Waals surface area contributed by atoms with Gasteiger partial charge in [0.1, 0.15) is 34.4 Å². The van der Waals surface area contributed by atoms with E-state index in [1.807, 2.05) is 0 Å². The van der Waals surface area contributed by atoms with E-state index in [4.69, 9.17) is 0 Å². The second-order valence-corrected chi connectivity index (χ2v) is 7.94. The molecule has 0 radical (unpaired) electrons. The van der Waals surface area contributed by atoms with Crippen molar-refractivity contribution in [2.75, 3.05) is 0 Å². The lowest BCUT2D eigenvalue weighted by Gasteiger charge is -2.09. The summed E-state index contributed by atoms with van der Waals surface area (Å²) in [7, 11) is 0. The average Bonchev–Trinajstić information content (AvgIpc) is 2.92. The Morgan fingerprint density at radius 3 is 1.27 bits per heavy atom. The summed E-state index contributed by atoms with van der Waals surface area (Å²) in [6.45, 7) is 0. The molecule has 0 amide bonds. The first kappa shape index (κ1) is 26.8. The SMILES string of the molecule is O=C(c1cc(N=Nc2ccccc2[N+](=O)[O-])c(O)cc1O)c1cc(N=Nc2ccccc2[N+](=O)[O-])c(O)cc1O. The summed E-state index contributed by atoms with van der Waals surface area (Å²) in [5, 5.41) is 78.4. The number of para-hydroxylation sites is 2. The average molecular weight is 544 g/mol. The van der Waals surface area contributed by atoms with Crippen molar-refractivity contribution >= 4 is 39.9 Å². The molecule has 0 fully saturated rings. The summed E-state index contributed by atoms with van der Waals surface area (Å²) in [6.07, 6.45) is 0. The van der Waals surface area contributed by atoms with E-state index in [0.717, 1.165) is 24.3 Å². The highest BCUT2D eigenvalue weighted by Gasteiger charge is 2.22. The van der Waals surface area contributed by atoms with Crippen molar-refractivity contribution in [1.29, 1.82) is 0 Å². The van der Waals surface area contributed by atoms with E-state index in [1.165, 1.54) is 48.5 Å². The zero-order valence-corrected chi connectivity index (χ0v) is 19.9. The third-order valence-corrected chi connectivity index (χ3v) is 5.36. The molecule has 4 aromatic carbocycles. The van der Waals surface area contributed by atoms with Gasteiger partial charge in [0.25, 0.3) is 11.4 Å². The number of rotatable bonds is 8. The first-order valence-corrected chi connectivity index (χ1v) is 11.0. The molecule has 0 aromatic heterocycles. The molecule has 0 saturated heterocycles. The standard InChI is InChI=1S/C25H16N6O9/c32-21-11-23(34)17(28-26-15-5-1-3-7-19(15)30(37)38)9-13(21)25(36)14-10-18(24(35)12-22(14)33)29-27-16-6-2-4-8-20(16)31(39)40/h1-12,32-35H. The van der Waals surface area contributed by atoms with Crippen LogP contribution >= 0.6 is 0 Å². The Balaban J connectivity index is 1.72. The summed E-state index contributed by atoms with van der Waals surface area (Å²) in [6, 6.07) is 14.2. The largest absolute Gasteiger partial charge is 0.507 e. The molecule has 0 aliphatic carbocycles. The lowest BCUT2D eigenvalue weighted by atomic mass is 10.00. The Morgan fingerprint density at radius 2 is 0.900 bits per heavy atom. The minimum atomic E-state index is -1.00. The van der Waals surface area contributed by atoms with Gasteiger partial charge in [-0.25, -0.2) is 0 Å². The molecule has 0 spiro atoms. The number of benzene rings is 4. The smallest absolute Gasteiger partial charge is 0.296 e. The number of carbonyl (C=O) groups excluding carboxylic acids is 1. The molecule has 0 saturated carbocycles. The summed E-state index contributed by atoms with van der Waals surface area (Å²) in [5.74, 6) is -3.62. The van der Waals surface area contributed by atoms with E-state index in [9.17, 15) is 45.4 Å². The number of nitro groups is 2. The molecular weight excluding hydrogens is 528 g/mol. The number of azo groups is 2. The maximum atomic E-state index is 13.2. The molecule has 4 aromatic rings. The molecule has 0 bridgehead atoms. The van der Waals surface area contributed by atoms with E-state index >= 15 is 0 Å². The fourth-order valence-corrected chi connectivity index (χ4v) is 3.42. The third kappa shape index (κ3) is 5.52. The Hall–Kier alpha value is -6.25. The molecule has 0 unspecified atom stereocenters.